The molecule has 2 N–H and O–H groups in total. The Balaban J connectivity index is 2.40. The van der Waals surface area contributed by atoms with E-state index in [-0.39, 0.29) is 6.01 Å². The number of nitrogen functional groups attached to an aromatic ring is 1. The normalized spacial score (nSPS) is 11.8. The number of nitrogens with zero attached hydrogens (tertiary/aromatic N) is 1. The van der Waals surface area contributed by atoms with E-state index >= 15 is 0 Å². The fraction of sp³-hybridized carbons (Fsp3) is 0.250. The molecule has 1 heterocycles. The number of anilines is 1. The second-order valence-corrected chi connectivity index (χ2v) is 3.75. The molecular weight excluding hydrogens is 245 g/mol. The Labute approximate surface area is 101 Å². The van der Waals surface area contributed by atoms with Crippen LogP contribution in [0, 0.1) is 0 Å². The van der Waals surface area contributed by atoms with Crippen LogP contribution < -0.4 is 5.73 Å². The molecule has 0 spiro atoms. The monoisotopic (exact) mass is 256 g/mol. The maximum atomic E-state index is 12.4. The average Bonchev–Trinajstić information content (AvgIpc) is 2.69. The predicted octanol–water partition coefficient (Wildman–Crippen LogP) is 3.51. The van der Waals surface area contributed by atoms with Gasteiger partial charge in [0.1, 0.15) is 11.5 Å². The Bertz CT molecular complexity index is 543. The van der Waals surface area contributed by atoms with Crippen LogP contribution in [0.2, 0.25) is 0 Å². The zero-order valence-electron chi connectivity index (χ0n) is 9.58. The number of alkyl halides is 3. The van der Waals surface area contributed by atoms with E-state index in [1.165, 1.54) is 12.1 Å². The summed E-state index contributed by atoms with van der Waals surface area (Å²) in [5.41, 5.74) is 5.79. The summed E-state index contributed by atoms with van der Waals surface area (Å²) < 4.78 is 42.4. The quantitative estimate of drug-likeness (QED) is 0.894. The summed E-state index contributed by atoms with van der Waals surface area (Å²) >= 11 is 0. The predicted molar refractivity (Wildman–Crippen MR) is 60.7 cm³/mol. The van der Waals surface area contributed by atoms with Gasteiger partial charge >= 0.3 is 6.18 Å². The lowest BCUT2D eigenvalue weighted by atomic mass is 10.1. The van der Waals surface area contributed by atoms with E-state index in [9.17, 15) is 13.2 Å². The summed E-state index contributed by atoms with van der Waals surface area (Å²) in [6.07, 6.45) is -3.77. The Morgan fingerprint density at radius 2 is 1.83 bits per heavy atom. The third kappa shape index (κ3) is 2.32. The van der Waals surface area contributed by atoms with E-state index in [4.69, 9.17) is 10.2 Å². The van der Waals surface area contributed by atoms with Crippen molar-refractivity contribution in [3.05, 3.63) is 35.6 Å². The number of rotatable bonds is 2. The molecule has 0 amide bonds. The Hall–Kier alpha value is -1.98. The number of benzene rings is 1. The average molecular weight is 256 g/mol. The molecule has 2 aromatic rings. The van der Waals surface area contributed by atoms with Crippen LogP contribution in [-0.2, 0) is 12.6 Å². The smallest absolute Gasteiger partial charge is 0.416 e. The van der Waals surface area contributed by atoms with Crippen molar-refractivity contribution >= 4 is 6.01 Å². The van der Waals surface area contributed by atoms with Crippen molar-refractivity contribution in [2.75, 3.05) is 5.73 Å². The molecule has 96 valence electrons. The summed E-state index contributed by atoms with van der Waals surface area (Å²) in [7, 11) is 0. The van der Waals surface area contributed by atoms with Gasteiger partial charge in [-0.2, -0.15) is 18.2 Å². The first kappa shape index (κ1) is 12.5. The molecule has 3 nitrogen and oxygen atoms in total. The van der Waals surface area contributed by atoms with Crippen LogP contribution in [0.15, 0.2) is 28.7 Å². The molecule has 0 atom stereocenters. The lowest BCUT2D eigenvalue weighted by Crippen LogP contribution is -2.04. The highest BCUT2D eigenvalue weighted by Crippen LogP contribution is 2.32. The second-order valence-electron chi connectivity index (χ2n) is 3.75. The molecule has 1 aromatic heterocycles. The van der Waals surface area contributed by atoms with Gasteiger partial charge in [0.15, 0.2) is 0 Å². The van der Waals surface area contributed by atoms with Crippen molar-refractivity contribution in [3.63, 3.8) is 0 Å². The van der Waals surface area contributed by atoms with Crippen molar-refractivity contribution in [2.24, 2.45) is 0 Å². The van der Waals surface area contributed by atoms with Gasteiger partial charge in [-0.25, -0.2) is 0 Å². The number of aryl methyl sites for hydroxylation is 1. The van der Waals surface area contributed by atoms with Crippen molar-refractivity contribution in [1.29, 1.82) is 0 Å². The minimum atomic E-state index is -4.34. The molecule has 0 unspecified atom stereocenters. The van der Waals surface area contributed by atoms with E-state index in [0.29, 0.717) is 23.4 Å². The van der Waals surface area contributed by atoms with Crippen LogP contribution in [0.3, 0.4) is 0 Å². The molecule has 0 aliphatic carbocycles. The second kappa shape index (κ2) is 4.36. The minimum absolute atomic E-state index is 0.0155. The molecule has 0 saturated carbocycles. The van der Waals surface area contributed by atoms with Crippen LogP contribution in [0.25, 0.3) is 11.3 Å². The Kier molecular flexibility index (Phi) is 3.02. The van der Waals surface area contributed by atoms with Crippen LogP contribution in [0.1, 0.15) is 18.2 Å². The molecule has 0 radical (unpaired) electrons. The van der Waals surface area contributed by atoms with Gasteiger partial charge in [-0.05, 0) is 12.1 Å². The zero-order valence-corrected chi connectivity index (χ0v) is 9.58. The molecule has 0 bridgehead atoms. The largest absolute Gasteiger partial charge is 0.428 e. The van der Waals surface area contributed by atoms with Gasteiger partial charge in [0, 0.05) is 12.0 Å². The van der Waals surface area contributed by atoms with Gasteiger partial charge in [-0.3, -0.25) is 0 Å². The summed E-state index contributed by atoms with van der Waals surface area (Å²) in [5, 5.41) is 0. The summed E-state index contributed by atoms with van der Waals surface area (Å²) in [5.74, 6) is 0.562. The molecule has 0 aliphatic rings. The summed E-state index contributed by atoms with van der Waals surface area (Å²) in [4.78, 5) is 3.97. The molecule has 18 heavy (non-hydrogen) atoms. The zero-order chi connectivity index (χ0) is 13.3. The number of aromatic nitrogens is 1. The fourth-order valence-electron chi connectivity index (χ4n) is 1.65. The van der Waals surface area contributed by atoms with Crippen LogP contribution in [0.5, 0.6) is 0 Å². The molecule has 0 aliphatic heterocycles. The highest BCUT2D eigenvalue weighted by molar-refractivity contribution is 5.63. The molecule has 0 fully saturated rings. The number of hydrogen-bond acceptors (Lipinski definition) is 3. The minimum Gasteiger partial charge on any atom is -0.428 e. The van der Waals surface area contributed by atoms with Crippen molar-refractivity contribution < 1.29 is 17.6 Å². The maximum Gasteiger partial charge on any atom is 0.416 e. The van der Waals surface area contributed by atoms with Crippen LogP contribution >= 0.6 is 0 Å². The van der Waals surface area contributed by atoms with E-state index in [1.807, 2.05) is 6.92 Å². The van der Waals surface area contributed by atoms with Crippen molar-refractivity contribution in [2.45, 2.75) is 19.5 Å². The molecule has 6 heteroatoms. The third-order valence-electron chi connectivity index (χ3n) is 2.52. The first-order valence-electron chi connectivity index (χ1n) is 5.34. The van der Waals surface area contributed by atoms with E-state index in [1.54, 1.807) is 0 Å². The Morgan fingerprint density at radius 3 is 2.33 bits per heavy atom. The summed E-state index contributed by atoms with van der Waals surface area (Å²) in [6, 6.07) is 4.76. The topological polar surface area (TPSA) is 52.0 Å². The van der Waals surface area contributed by atoms with Crippen molar-refractivity contribution in [3.8, 4) is 11.3 Å². The van der Waals surface area contributed by atoms with E-state index in [2.05, 4.69) is 4.98 Å². The number of halogens is 3. The maximum absolute atomic E-state index is 12.4. The Morgan fingerprint density at radius 1 is 1.22 bits per heavy atom. The summed E-state index contributed by atoms with van der Waals surface area (Å²) in [6.45, 7) is 1.85. The van der Waals surface area contributed by atoms with Gasteiger partial charge in [0.05, 0.1) is 5.56 Å². The lowest BCUT2D eigenvalue weighted by molar-refractivity contribution is -0.137. The van der Waals surface area contributed by atoms with Gasteiger partial charge in [-0.1, -0.05) is 19.1 Å². The van der Waals surface area contributed by atoms with Gasteiger partial charge in [0.25, 0.3) is 6.01 Å². The molecular formula is C12H11F3N2O. The van der Waals surface area contributed by atoms with Gasteiger partial charge in [0.2, 0.25) is 0 Å². The van der Waals surface area contributed by atoms with Crippen LogP contribution in [0.4, 0.5) is 19.2 Å². The van der Waals surface area contributed by atoms with E-state index in [0.717, 1.165) is 12.1 Å². The third-order valence-corrected chi connectivity index (χ3v) is 2.52. The van der Waals surface area contributed by atoms with Gasteiger partial charge < -0.3 is 10.2 Å². The fourth-order valence-corrected chi connectivity index (χ4v) is 1.65. The molecule has 2 rings (SSSR count). The first-order chi connectivity index (χ1) is 8.41. The van der Waals surface area contributed by atoms with Crippen molar-refractivity contribution in [1.82, 2.24) is 4.98 Å². The highest BCUT2D eigenvalue weighted by atomic mass is 19.4. The number of oxazole rings is 1. The SMILES string of the molecule is CCc1oc(N)nc1-c1ccc(C(F)(F)F)cc1. The standard InChI is InChI=1S/C12H11F3N2O/c1-2-9-10(17-11(16)18-9)7-3-5-8(6-4-7)12(13,14)15/h3-6H,2H2,1H3,(H2,16,17). The lowest BCUT2D eigenvalue weighted by Gasteiger charge is -2.06. The first-order valence-corrected chi connectivity index (χ1v) is 5.34. The number of hydrogen-bond donors (Lipinski definition) is 1. The molecule has 1 aromatic carbocycles. The van der Waals surface area contributed by atoms with E-state index < -0.39 is 11.7 Å². The van der Waals surface area contributed by atoms with Crippen LogP contribution in [-0.4, -0.2) is 4.98 Å². The molecule has 0 saturated heterocycles. The highest BCUT2D eigenvalue weighted by Gasteiger charge is 2.30. The van der Waals surface area contributed by atoms with Gasteiger partial charge in [-0.15, -0.1) is 0 Å². The number of nitrogens with two attached hydrogens (primary N) is 1.